The Labute approximate surface area is 123 Å². The number of fused-ring (bicyclic) bond motifs is 1. The number of nitrogens with zero attached hydrogens (tertiary/aromatic N) is 2. The summed E-state index contributed by atoms with van der Waals surface area (Å²) in [5.74, 6) is -0.391. The lowest BCUT2D eigenvalue weighted by Gasteiger charge is -2.13. The molecule has 0 saturated heterocycles. The molecule has 0 radical (unpaired) electrons. The third-order valence-corrected chi connectivity index (χ3v) is 3.86. The first-order chi connectivity index (χ1) is 10.2. The number of halogens is 1. The van der Waals surface area contributed by atoms with E-state index in [9.17, 15) is 4.39 Å². The summed E-state index contributed by atoms with van der Waals surface area (Å²) in [6, 6.07) is 12.6. The molecule has 0 saturated carbocycles. The summed E-state index contributed by atoms with van der Waals surface area (Å²) in [6.07, 6.45) is 1.07. The minimum Gasteiger partial charge on any atom is -0.380 e. The molecule has 0 fully saturated rings. The summed E-state index contributed by atoms with van der Waals surface area (Å²) >= 11 is 0. The molecule has 3 nitrogen and oxygen atoms in total. The van der Waals surface area contributed by atoms with E-state index in [1.807, 2.05) is 6.07 Å². The van der Waals surface area contributed by atoms with Gasteiger partial charge in [-0.25, -0.2) is 4.39 Å². The van der Waals surface area contributed by atoms with Crippen molar-refractivity contribution in [2.24, 2.45) is 0 Å². The molecule has 0 amide bonds. The van der Waals surface area contributed by atoms with Crippen molar-refractivity contribution in [2.75, 3.05) is 23.8 Å². The van der Waals surface area contributed by atoms with E-state index < -0.39 is 5.82 Å². The second kappa shape index (κ2) is 5.45. The van der Waals surface area contributed by atoms with E-state index in [0.717, 1.165) is 18.5 Å². The summed E-state index contributed by atoms with van der Waals surface area (Å²) in [7, 11) is 2.10. The Morgan fingerprint density at radius 3 is 2.95 bits per heavy atom. The van der Waals surface area contributed by atoms with Gasteiger partial charge in [-0.15, -0.1) is 0 Å². The van der Waals surface area contributed by atoms with Crippen molar-refractivity contribution in [1.29, 1.82) is 5.26 Å². The van der Waals surface area contributed by atoms with E-state index >= 15 is 0 Å². The van der Waals surface area contributed by atoms with Crippen LogP contribution in [0.3, 0.4) is 0 Å². The molecular formula is C17H16FN3. The summed E-state index contributed by atoms with van der Waals surface area (Å²) in [5, 5.41) is 12.2. The first-order valence-electron chi connectivity index (χ1n) is 6.94. The number of hydrogen-bond donors (Lipinski definition) is 1. The van der Waals surface area contributed by atoms with E-state index in [0.29, 0.717) is 17.8 Å². The van der Waals surface area contributed by atoms with Crippen LogP contribution in [0.5, 0.6) is 0 Å². The third kappa shape index (κ3) is 2.68. The lowest BCUT2D eigenvalue weighted by Crippen LogP contribution is -2.12. The molecule has 0 atom stereocenters. The molecule has 21 heavy (non-hydrogen) atoms. The van der Waals surface area contributed by atoms with Gasteiger partial charge in [0.05, 0.1) is 11.3 Å². The average molecular weight is 281 g/mol. The Morgan fingerprint density at radius 1 is 1.29 bits per heavy atom. The first kappa shape index (κ1) is 13.4. The molecule has 1 aliphatic heterocycles. The van der Waals surface area contributed by atoms with Gasteiger partial charge >= 0.3 is 0 Å². The molecule has 0 bridgehead atoms. The van der Waals surface area contributed by atoms with Crippen LogP contribution in [0.4, 0.5) is 15.8 Å². The Hall–Kier alpha value is -2.54. The Morgan fingerprint density at radius 2 is 2.14 bits per heavy atom. The van der Waals surface area contributed by atoms with Gasteiger partial charge < -0.3 is 10.2 Å². The Bertz CT molecular complexity index is 718. The highest BCUT2D eigenvalue weighted by Gasteiger charge is 2.15. The van der Waals surface area contributed by atoms with Crippen LogP contribution in [0.2, 0.25) is 0 Å². The van der Waals surface area contributed by atoms with Crippen molar-refractivity contribution in [3.8, 4) is 6.07 Å². The quantitative estimate of drug-likeness (QED) is 0.938. The summed E-state index contributed by atoms with van der Waals surface area (Å²) < 4.78 is 13.1. The number of nitriles is 1. The second-order valence-electron chi connectivity index (χ2n) is 5.29. The van der Waals surface area contributed by atoms with E-state index in [4.69, 9.17) is 5.26 Å². The van der Waals surface area contributed by atoms with E-state index in [1.54, 1.807) is 6.07 Å². The molecule has 106 valence electrons. The highest BCUT2D eigenvalue weighted by molar-refractivity contribution is 5.60. The minimum absolute atomic E-state index is 0.330. The molecule has 0 aromatic heterocycles. The summed E-state index contributed by atoms with van der Waals surface area (Å²) in [6.45, 7) is 1.68. The number of anilines is 2. The second-order valence-corrected chi connectivity index (χ2v) is 5.29. The molecule has 0 unspecified atom stereocenters. The smallest absolute Gasteiger partial charge is 0.124 e. The number of hydrogen-bond acceptors (Lipinski definition) is 3. The van der Waals surface area contributed by atoms with Gasteiger partial charge in [-0.1, -0.05) is 12.1 Å². The van der Waals surface area contributed by atoms with Gasteiger partial charge in [0, 0.05) is 25.8 Å². The first-order valence-corrected chi connectivity index (χ1v) is 6.94. The van der Waals surface area contributed by atoms with Crippen LogP contribution in [0, 0.1) is 17.1 Å². The van der Waals surface area contributed by atoms with Crippen LogP contribution in [0.15, 0.2) is 36.4 Å². The van der Waals surface area contributed by atoms with Crippen molar-refractivity contribution < 1.29 is 4.39 Å². The molecule has 1 heterocycles. The van der Waals surface area contributed by atoms with Gasteiger partial charge in [-0.05, 0) is 41.8 Å². The van der Waals surface area contributed by atoms with Gasteiger partial charge in [0.2, 0.25) is 0 Å². The molecule has 3 rings (SSSR count). The van der Waals surface area contributed by atoms with Crippen molar-refractivity contribution in [3.63, 3.8) is 0 Å². The minimum atomic E-state index is -0.391. The molecule has 0 aliphatic carbocycles. The van der Waals surface area contributed by atoms with Gasteiger partial charge in [-0.3, -0.25) is 0 Å². The number of benzene rings is 2. The van der Waals surface area contributed by atoms with Gasteiger partial charge in [0.1, 0.15) is 11.9 Å². The average Bonchev–Trinajstić information content (AvgIpc) is 2.87. The number of nitrogens with one attached hydrogen (secondary N) is 1. The largest absolute Gasteiger partial charge is 0.380 e. The highest BCUT2D eigenvalue weighted by Crippen LogP contribution is 2.27. The SMILES string of the molecule is CN1CCc2cc(CNc3ccc(F)cc3C#N)ccc21. The van der Waals surface area contributed by atoms with Crippen LogP contribution in [0.25, 0.3) is 0 Å². The zero-order chi connectivity index (χ0) is 14.8. The number of likely N-dealkylation sites (N-methyl/N-ethyl adjacent to an activating group) is 1. The maximum atomic E-state index is 13.1. The van der Waals surface area contributed by atoms with E-state index in [2.05, 4.69) is 35.5 Å². The molecule has 2 aromatic carbocycles. The van der Waals surface area contributed by atoms with Crippen LogP contribution in [0.1, 0.15) is 16.7 Å². The van der Waals surface area contributed by atoms with Crippen molar-refractivity contribution in [1.82, 2.24) is 0 Å². The fraction of sp³-hybridized carbons (Fsp3) is 0.235. The molecular weight excluding hydrogens is 265 g/mol. The van der Waals surface area contributed by atoms with Crippen LogP contribution in [-0.4, -0.2) is 13.6 Å². The van der Waals surface area contributed by atoms with Gasteiger partial charge in [-0.2, -0.15) is 5.26 Å². The lowest BCUT2D eigenvalue weighted by atomic mass is 10.1. The monoisotopic (exact) mass is 281 g/mol. The molecule has 4 heteroatoms. The molecule has 1 N–H and O–H groups in total. The Kier molecular flexibility index (Phi) is 3.49. The fourth-order valence-electron chi connectivity index (χ4n) is 2.69. The maximum Gasteiger partial charge on any atom is 0.124 e. The van der Waals surface area contributed by atoms with Crippen molar-refractivity contribution in [3.05, 3.63) is 58.9 Å². The molecule has 0 spiro atoms. The predicted molar refractivity (Wildman–Crippen MR) is 81.9 cm³/mol. The fourth-order valence-corrected chi connectivity index (χ4v) is 2.69. The van der Waals surface area contributed by atoms with Crippen LogP contribution in [-0.2, 0) is 13.0 Å². The number of rotatable bonds is 3. The predicted octanol–water partition coefficient (Wildman–Crippen LogP) is 3.30. The van der Waals surface area contributed by atoms with Gasteiger partial charge in [0.15, 0.2) is 0 Å². The standard InChI is InChI=1S/C17H16FN3/c1-21-7-6-13-8-12(2-5-17(13)21)11-20-16-4-3-15(18)9-14(16)10-19/h2-5,8-9,20H,6-7,11H2,1H3. The van der Waals surface area contributed by atoms with Crippen molar-refractivity contribution >= 4 is 11.4 Å². The van der Waals surface area contributed by atoms with Crippen molar-refractivity contribution in [2.45, 2.75) is 13.0 Å². The molecule has 1 aliphatic rings. The van der Waals surface area contributed by atoms with Crippen LogP contribution < -0.4 is 10.2 Å². The van der Waals surface area contributed by atoms with E-state index in [-0.39, 0.29) is 0 Å². The summed E-state index contributed by atoms with van der Waals surface area (Å²) in [5.41, 5.74) is 4.80. The normalized spacial score (nSPS) is 12.9. The zero-order valence-electron chi connectivity index (χ0n) is 11.9. The molecule has 2 aromatic rings. The Balaban J connectivity index is 1.76. The lowest BCUT2D eigenvalue weighted by molar-refractivity contribution is 0.627. The van der Waals surface area contributed by atoms with Gasteiger partial charge in [0.25, 0.3) is 0 Å². The summed E-state index contributed by atoms with van der Waals surface area (Å²) in [4.78, 5) is 2.25. The van der Waals surface area contributed by atoms with Crippen LogP contribution >= 0.6 is 0 Å². The highest BCUT2D eigenvalue weighted by atomic mass is 19.1. The topological polar surface area (TPSA) is 39.1 Å². The zero-order valence-corrected chi connectivity index (χ0v) is 11.9. The maximum absolute atomic E-state index is 13.1. The van der Waals surface area contributed by atoms with E-state index in [1.165, 1.54) is 23.4 Å². The third-order valence-electron chi connectivity index (χ3n) is 3.86.